The maximum atomic E-state index is 12.5. The number of anilines is 1. The Morgan fingerprint density at radius 1 is 1.09 bits per heavy atom. The van der Waals surface area contributed by atoms with E-state index in [0.717, 1.165) is 22.0 Å². The standard InChI is InChI=1S/C24H22N6O2S/c1-30-12-9-24(32,22(30)31)17-6-4-5-16(13-17)21-28-20(15-33-21)19-8-11-26-23(29-19)27-14-18-7-2-3-10-25-18/h2-8,10-11,13,15,32H,9,12,14H2,1H3,(H,26,27,29). The van der Waals surface area contributed by atoms with Crippen molar-refractivity contribution in [3.05, 3.63) is 77.6 Å². The predicted molar refractivity (Wildman–Crippen MR) is 126 cm³/mol. The maximum Gasteiger partial charge on any atom is 0.258 e. The van der Waals surface area contributed by atoms with Crippen molar-refractivity contribution >= 4 is 23.2 Å². The number of nitrogens with zero attached hydrogens (tertiary/aromatic N) is 5. The number of hydrogen-bond acceptors (Lipinski definition) is 8. The molecule has 1 unspecified atom stereocenters. The number of nitrogens with one attached hydrogen (secondary N) is 1. The fraction of sp³-hybridized carbons (Fsp3) is 0.208. The Balaban J connectivity index is 1.36. The van der Waals surface area contributed by atoms with E-state index < -0.39 is 5.60 Å². The first-order valence-electron chi connectivity index (χ1n) is 10.5. The molecule has 3 aromatic heterocycles. The molecule has 5 rings (SSSR count). The van der Waals surface area contributed by atoms with Gasteiger partial charge in [0.2, 0.25) is 5.95 Å². The average molecular weight is 459 g/mol. The van der Waals surface area contributed by atoms with E-state index in [2.05, 4.69) is 20.3 Å². The molecule has 1 atom stereocenters. The van der Waals surface area contributed by atoms with Crippen LogP contribution in [0.3, 0.4) is 0 Å². The fourth-order valence-corrected chi connectivity index (χ4v) is 4.62. The number of likely N-dealkylation sites (N-methyl/N-ethyl adjacent to an activating group) is 1. The monoisotopic (exact) mass is 458 g/mol. The number of thiazole rings is 1. The highest BCUT2D eigenvalue weighted by molar-refractivity contribution is 7.13. The zero-order valence-corrected chi connectivity index (χ0v) is 18.8. The molecule has 4 heterocycles. The van der Waals surface area contributed by atoms with Crippen LogP contribution in [0.15, 0.2) is 66.3 Å². The minimum Gasteiger partial charge on any atom is -0.375 e. The first-order valence-corrected chi connectivity index (χ1v) is 11.4. The Hall–Kier alpha value is -3.69. The number of rotatable bonds is 6. The van der Waals surface area contributed by atoms with Gasteiger partial charge in [-0.15, -0.1) is 11.3 Å². The van der Waals surface area contributed by atoms with Gasteiger partial charge in [0, 0.05) is 43.4 Å². The van der Waals surface area contributed by atoms with Gasteiger partial charge in [-0.05, 0) is 29.8 Å². The van der Waals surface area contributed by atoms with E-state index in [-0.39, 0.29) is 5.91 Å². The fourth-order valence-electron chi connectivity index (χ4n) is 3.81. The Morgan fingerprint density at radius 3 is 2.79 bits per heavy atom. The lowest BCUT2D eigenvalue weighted by Gasteiger charge is -2.21. The number of carbonyl (C=O) groups excluding carboxylic acids is 1. The Morgan fingerprint density at radius 2 is 2.00 bits per heavy atom. The summed E-state index contributed by atoms with van der Waals surface area (Å²) in [6.45, 7) is 1.06. The SMILES string of the molecule is CN1CCC(O)(c2cccc(-c3nc(-c4ccnc(NCc5ccccn5)n4)cs3)c2)C1=O. The van der Waals surface area contributed by atoms with Crippen LogP contribution in [0.4, 0.5) is 5.95 Å². The number of likely N-dealkylation sites (tertiary alicyclic amines) is 1. The van der Waals surface area contributed by atoms with E-state index >= 15 is 0 Å². The van der Waals surface area contributed by atoms with Crippen molar-refractivity contribution in [1.82, 2.24) is 24.8 Å². The van der Waals surface area contributed by atoms with Crippen LogP contribution in [0.1, 0.15) is 17.7 Å². The molecule has 1 fully saturated rings. The van der Waals surface area contributed by atoms with Crippen LogP contribution >= 0.6 is 11.3 Å². The lowest BCUT2D eigenvalue weighted by atomic mass is 9.91. The van der Waals surface area contributed by atoms with Crippen molar-refractivity contribution in [3.63, 3.8) is 0 Å². The number of hydrogen-bond donors (Lipinski definition) is 2. The molecule has 0 aliphatic carbocycles. The highest BCUT2D eigenvalue weighted by Crippen LogP contribution is 2.36. The first-order chi connectivity index (χ1) is 16.0. The van der Waals surface area contributed by atoms with Crippen molar-refractivity contribution in [2.24, 2.45) is 0 Å². The molecule has 1 aromatic carbocycles. The van der Waals surface area contributed by atoms with E-state index in [1.807, 2.05) is 47.8 Å². The van der Waals surface area contributed by atoms with Crippen LogP contribution in [0.2, 0.25) is 0 Å². The zero-order chi connectivity index (χ0) is 22.8. The highest BCUT2D eigenvalue weighted by atomic mass is 32.1. The predicted octanol–water partition coefficient (Wildman–Crippen LogP) is 3.32. The molecule has 0 bridgehead atoms. The smallest absolute Gasteiger partial charge is 0.258 e. The molecule has 1 aliphatic heterocycles. The third kappa shape index (κ3) is 4.20. The molecule has 8 nitrogen and oxygen atoms in total. The number of aromatic nitrogens is 4. The molecule has 166 valence electrons. The topological polar surface area (TPSA) is 104 Å². The second-order valence-electron chi connectivity index (χ2n) is 7.90. The first kappa shape index (κ1) is 21.2. The maximum absolute atomic E-state index is 12.5. The van der Waals surface area contributed by atoms with Crippen LogP contribution in [-0.2, 0) is 16.9 Å². The minimum atomic E-state index is -1.48. The Bertz CT molecular complexity index is 1290. The van der Waals surface area contributed by atoms with Crippen molar-refractivity contribution in [3.8, 4) is 22.0 Å². The molecule has 33 heavy (non-hydrogen) atoms. The number of pyridine rings is 1. The van der Waals surface area contributed by atoms with Crippen LogP contribution in [0.25, 0.3) is 22.0 Å². The van der Waals surface area contributed by atoms with E-state index in [9.17, 15) is 9.90 Å². The summed E-state index contributed by atoms with van der Waals surface area (Å²) in [5.41, 5.74) is 2.30. The third-order valence-corrected chi connectivity index (χ3v) is 6.56. The van der Waals surface area contributed by atoms with Crippen molar-refractivity contribution in [1.29, 1.82) is 0 Å². The van der Waals surface area contributed by atoms with Gasteiger partial charge in [0.25, 0.3) is 5.91 Å². The van der Waals surface area contributed by atoms with Gasteiger partial charge in [0.1, 0.15) is 10.7 Å². The van der Waals surface area contributed by atoms with Crippen LogP contribution < -0.4 is 5.32 Å². The van der Waals surface area contributed by atoms with Crippen molar-refractivity contribution < 1.29 is 9.90 Å². The van der Waals surface area contributed by atoms with Gasteiger partial charge in [-0.1, -0.05) is 24.3 Å². The van der Waals surface area contributed by atoms with Gasteiger partial charge >= 0.3 is 0 Å². The number of carbonyl (C=O) groups is 1. The molecular formula is C24H22N6O2S. The molecule has 4 aromatic rings. The summed E-state index contributed by atoms with van der Waals surface area (Å²) in [6, 6.07) is 15.0. The molecule has 1 amide bonds. The van der Waals surface area contributed by atoms with Gasteiger partial charge in [-0.25, -0.2) is 15.0 Å². The number of aliphatic hydroxyl groups is 1. The second kappa shape index (κ2) is 8.68. The lowest BCUT2D eigenvalue weighted by Crippen LogP contribution is -2.36. The summed E-state index contributed by atoms with van der Waals surface area (Å²) in [5.74, 6) is 0.229. The van der Waals surface area contributed by atoms with Crippen LogP contribution in [0, 0.1) is 0 Å². The van der Waals surface area contributed by atoms with E-state index in [4.69, 9.17) is 4.98 Å². The molecule has 1 saturated heterocycles. The van der Waals surface area contributed by atoms with Gasteiger partial charge in [-0.2, -0.15) is 0 Å². The summed E-state index contributed by atoms with van der Waals surface area (Å²) in [6.07, 6.45) is 3.82. The number of benzene rings is 1. The zero-order valence-electron chi connectivity index (χ0n) is 18.0. The summed E-state index contributed by atoms with van der Waals surface area (Å²) in [7, 11) is 1.71. The molecular weight excluding hydrogens is 436 g/mol. The quantitative estimate of drug-likeness (QED) is 0.457. The Kier molecular flexibility index (Phi) is 5.57. The molecule has 9 heteroatoms. The van der Waals surface area contributed by atoms with Crippen molar-refractivity contribution in [2.75, 3.05) is 18.9 Å². The normalized spacial score (nSPS) is 18.0. The number of amides is 1. The Labute approximate surface area is 195 Å². The average Bonchev–Trinajstić information content (AvgIpc) is 3.46. The highest BCUT2D eigenvalue weighted by Gasteiger charge is 2.45. The largest absolute Gasteiger partial charge is 0.375 e. The van der Waals surface area contributed by atoms with Gasteiger partial charge in [0.05, 0.1) is 17.9 Å². The van der Waals surface area contributed by atoms with E-state index in [0.29, 0.717) is 36.7 Å². The minimum absolute atomic E-state index is 0.272. The van der Waals surface area contributed by atoms with Crippen LogP contribution in [0.5, 0.6) is 0 Å². The molecule has 1 aliphatic rings. The lowest BCUT2D eigenvalue weighted by molar-refractivity contribution is -0.143. The van der Waals surface area contributed by atoms with Crippen molar-refractivity contribution in [2.45, 2.75) is 18.6 Å². The summed E-state index contributed by atoms with van der Waals surface area (Å²) < 4.78 is 0. The summed E-state index contributed by atoms with van der Waals surface area (Å²) in [4.78, 5) is 31.9. The van der Waals surface area contributed by atoms with Crippen LogP contribution in [-0.4, -0.2) is 49.4 Å². The van der Waals surface area contributed by atoms with E-state index in [1.165, 1.54) is 11.3 Å². The molecule has 2 N–H and O–H groups in total. The molecule has 0 radical (unpaired) electrons. The van der Waals surface area contributed by atoms with Gasteiger partial charge < -0.3 is 15.3 Å². The van der Waals surface area contributed by atoms with Gasteiger partial charge in [0.15, 0.2) is 5.60 Å². The van der Waals surface area contributed by atoms with Gasteiger partial charge in [-0.3, -0.25) is 9.78 Å². The summed E-state index contributed by atoms with van der Waals surface area (Å²) >= 11 is 1.49. The summed E-state index contributed by atoms with van der Waals surface area (Å²) in [5, 5.41) is 16.9. The molecule has 0 spiro atoms. The second-order valence-corrected chi connectivity index (χ2v) is 8.75. The third-order valence-electron chi connectivity index (χ3n) is 5.67. The van der Waals surface area contributed by atoms with E-state index in [1.54, 1.807) is 30.4 Å². The molecule has 0 saturated carbocycles.